The molecule has 0 saturated heterocycles. The topological polar surface area (TPSA) is 92.3 Å². The summed E-state index contributed by atoms with van der Waals surface area (Å²) in [7, 11) is 0. The van der Waals surface area contributed by atoms with Crippen molar-refractivity contribution >= 4 is 0 Å². The zero-order chi connectivity index (χ0) is 34.3. The first-order chi connectivity index (χ1) is 24.8. The normalized spacial score (nSPS) is 17.3. The van der Waals surface area contributed by atoms with E-state index in [1.165, 1.54) is 0 Å². The Bertz CT molecular complexity index is 1220. The van der Waals surface area contributed by atoms with Gasteiger partial charge in [0.25, 0.3) is 0 Å². The largest absolute Gasteiger partial charge is 0.491 e. The molecule has 0 atom stereocenters. The van der Waals surface area contributed by atoms with E-state index in [9.17, 15) is 0 Å². The standard InChI is InChI=1S/C40H48O10/c1-9-37-10-2-33(1)34-3-11-38(12-4-34)48-30-26-44-22-19-42-20-24-46-28-32-50-40-15-7-36(8-16-40)35-5-13-39(14-6-35)49-31-27-45-23-18-41-17-21-43-25-29-47-37/h1-16H,17-32H2. The molecule has 10 aliphatic heterocycles. The predicted octanol–water partition coefficient (Wildman–Crippen LogP) is 6.35. The van der Waals surface area contributed by atoms with Crippen molar-refractivity contribution in [3.05, 3.63) is 97.1 Å². The van der Waals surface area contributed by atoms with E-state index in [1.54, 1.807) is 0 Å². The molecule has 0 aliphatic carbocycles. The highest BCUT2D eigenvalue weighted by Crippen LogP contribution is 2.26. The highest BCUT2D eigenvalue weighted by atomic mass is 16.6. The minimum absolute atomic E-state index is 0.464. The van der Waals surface area contributed by atoms with Crippen LogP contribution in [0.2, 0.25) is 0 Å². The van der Waals surface area contributed by atoms with Gasteiger partial charge in [0.2, 0.25) is 0 Å². The van der Waals surface area contributed by atoms with E-state index in [0.717, 1.165) is 45.3 Å². The third kappa shape index (κ3) is 14.0. The summed E-state index contributed by atoms with van der Waals surface area (Å²) in [6, 6.07) is 32.0. The molecule has 0 unspecified atom stereocenters. The number of hydrogen-bond donors (Lipinski definition) is 0. The third-order valence-corrected chi connectivity index (χ3v) is 7.56. The highest BCUT2D eigenvalue weighted by Gasteiger charge is 2.04. The van der Waals surface area contributed by atoms with Crippen LogP contribution in [0.5, 0.6) is 23.0 Å². The molecule has 0 aromatic heterocycles. The van der Waals surface area contributed by atoms with Gasteiger partial charge in [-0.2, -0.15) is 0 Å². The first-order valence-corrected chi connectivity index (χ1v) is 17.2. The molecule has 0 N–H and O–H groups in total. The second-order valence-corrected chi connectivity index (χ2v) is 11.2. The van der Waals surface area contributed by atoms with E-state index in [4.69, 9.17) is 47.4 Å². The molecule has 0 spiro atoms. The summed E-state index contributed by atoms with van der Waals surface area (Å²) >= 11 is 0. The second kappa shape index (κ2) is 22.5. The first-order valence-electron chi connectivity index (χ1n) is 17.2. The molecule has 0 fully saturated rings. The van der Waals surface area contributed by atoms with Gasteiger partial charge in [-0.25, -0.2) is 0 Å². The van der Waals surface area contributed by atoms with Gasteiger partial charge in [-0.1, -0.05) is 48.5 Å². The van der Waals surface area contributed by atoms with Gasteiger partial charge in [-0.15, -0.1) is 0 Å². The molecule has 50 heavy (non-hydrogen) atoms. The van der Waals surface area contributed by atoms with Crippen LogP contribution < -0.4 is 18.9 Å². The molecular weight excluding hydrogens is 640 g/mol. The van der Waals surface area contributed by atoms with E-state index in [0.29, 0.717) is 106 Å². The molecule has 10 heteroatoms. The van der Waals surface area contributed by atoms with E-state index in [2.05, 4.69) is 0 Å². The minimum atomic E-state index is 0.464. The number of rotatable bonds is 0. The van der Waals surface area contributed by atoms with E-state index < -0.39 is 0 Å². The van der Waals surface area contributed by atoms with Crippen molar-refractivity contribution in [3.63, 3.8) is 0 Å². The van der Waals surface area contributed by atoms with Crippen LogP contribution >= 0.6 is 0 Å². The fourth-order valence-corrected chi connectivity index (χ4v) is 4.93. The Morgan fingerprint density at radius 1 is 0.200 bits per heavy atom. The van der Waals surface area contributed by atoms with Crippen molar-refractivity contribution < 1.29 is 47.4 Å². The lowest BCUT2D eigenvalue weighted by atomic mass is 10.1. The van der Waals surface area contributed by atoms with E-state index in [-0.39, 0.29) is 0 Å². The van der Waals surface area contributed by atoms with Crippen LogP contribution in [0.3, 0.4) is 0 Å². The van der Waals surface area contributed by atoms with Crippen molar-refractivity contribution in [1.82, 2.24) is 0 Å². The molecule has 10 nitrogen and oxygen atoms in total. The van der Waals surface area contributed by atoms with Crippen LogP contribution in [0.25, 0.3) is 22.3 Å². The molecule has 10 aliphatic rings. The monoisotopic (exact) mass is 688 g/mol. The maximum Gasteiger partial charge on any atom is 0.119 e. The lowest BCUT2D eigenvalue weighted by molar-refractivity contribution is 0.00499. The fourth-order valence-electron chi connectivity index (χ4n) is 4.93. The molecular formula is C40H48O10. The van der Waals surface area contributed by atoms with Gasteiger partial charge >= 0.3 is 0 Å². The van der Waals surface area contributed by atoms with Gasteiger partial charge in [0.15, 0.2) is 0 Å². The van der Waals surface area contributed by atoms with Gasteiger partial charge in [-0.05, 0) is 70.8 Å². The van der Waals surface area contributed by atoms with Crippen molar-refractivity contribution in [3.8, 4) is 45.3 Å². The summed E-state index contributed by atoms with van der Waals surface area (Å²) in [5.41, 5.74) is 4.39. The van der Waals surface area contributed by atoms with Crippen molar-refractivity contribution in [2.24, 2.45) is 0 Å². The quantitative estimate of drug-likeness (QED) is 0.208. The molecule has 8 bridgehead atoms. The average Bonchev–Trinajstić information content (AvgIpc) is 3.16. The molecule has 0 radical (unpaired) electrons. The van der Waals surface area contributed by atoms with Crippen LogP contribution in [0.1, 0.15) is 0 Å². The maximum absolute atomic E-state index is 5.82. The van der Waals surface area contributed by atoms with E-state index >= 15 is 0 Å². The molecule has 14 rings (SSSR count). The summed E-state index contributed by atoms with van der Waals surface area (Å²) < 4.78 is 56.9. The minimum Gasteiger partial charge on any atom is -0.491 e. The van der Waals surface area contributed by atoms with Gasteiger partial charge in [-0.3, -0.25) is 0 Å². The first kappa shape index (κ1) is 37.1. The summed E-state index contributed by atoms with van der Waals surface area (Å²) in [6.45, 7) is 7.77. The Labute approximate surface area is 295 Å². The van der Waals surface area contributed by atoms with Crippen LogP contribution in [-0.2, 0) is 28.4 Å². The lowest BCUT2D eigenvalue weighted by Crippen LogP contribution is -2.14. The summed E-state index contributed by atoms with van der Waals surface area (Å²) in [5, 5.41) is 0. The Morgan fingerprint density at radius 2 is 0.360 bits per heavy atom. The highest BCUT2D eigenvalue weighted by molar-refractivity contribution is 5.65. The number of ether oxygens (including phenoxy) is 10. The molecule has 0 amide bonds. The van der Waals surface area contributed by atoms with Gasteiger partial charge in [0.1, 0.15) is 49.4 Å². The molecule has 10 heterocycles. The fraction of sp³-hybridized carbons (Fsp3) is 0.400. The Hall–Kier alpha value is -4.16. The van der Waals surface area contributed by atoms with Crippen LogP contribution in [0.15, 0.2) is 97.1 Å². The van der Waals surface area contributed by atoms with E-state index in [1.807, 2.05) is 97.1 Å². The Balaban J connectivity index is 1.02. The number of benzene rings is 4. The SMILES string of the molecule is c1cc2ccc1OCCOCCOCCOCCOc1ccc(cc1)-c1ccc(cc1)OCCOCCOCCOCCOc1ccc-2cc1. The van der Waals surface area contributed by atoms with Gasteiger partial charge in [0.05, 0.1) is 79.3 Å². The molecule has 0 saturated carbocycles. The maximum atomic E-state index is 5.82. The van der Waals surface area contributed by atoms with Crippen LogP contribution in [0, 0.1) is 0 Å². The molecule has 4 aromatic carbocycles. The Morgan fingerprint density at radius 3 is 0.540 bits per heavy atom. The van der Waals surface area contributed by atoms with Crippen molar-refractivity contribution in [2.45, 2.75) is 0 Å². The van der Waals surface area contributed by atoms with Crippen LogP contribution in [-0.4, -0.2) is 106 Å². The molecule has 4 aromatic rings. The second-order valence-electron chi connectivity index (χ2n) is 11.2. The van der Waals surface area contributed by atoms with Gasteiger partial charge < -0.3 is 47.4 Å². The predicted molar refractivity (Wildman–Crippen MR) is 191 cm³/mol. The molecule has 268 valence electrons. The smallest absolute Gasteiger partial charge is 0.119 e. The Kier molecular flexibility index (Phi) is 16.7. The third-order valence-electron chi connectivity index (χ3n) is 7.56. The summed E-state index contributed by atoms with van der Waals surface area (Å²) in [6.07, 6.45) is 0. The van der Waals surface area contributed by atoms with Crippen molar-refractivity contribution in [1.29, 1.82) is 0 Å². The zero-order valence-electron chi connectivity index (χ0n) is 28.6. The van der Waals surface area contributed by atoms with Crippen molar-refractivity contribution in [2.75, 3.05) is 106 Å². The van der Waals surface area contributed by atoms with Crippen LogP contribution in [0.4, 0.5) is 0 Å². The zero-order valence-corrected chi connectivity index (χ0v) is 28.6. The summed E-state index contributed by atoms with van der Waals surface area (Å²) in [5.74, 6) is 3.19. The average molecular weight is 689 g/mol. The van der Waals surface area contributed by atoms with Gasteiger partial charge in [0, 0.05) is 0 Å². The summed E-state index contributed by atoms with van der Waals surface area (Å²) in [4.78, 5) is 0. The lowest BCUT2D eigenvalue weighted by Gasteiger charge is -2.11. The number of hydrogen-bond acceptors (Lipinski definition) is 10.